The number of benzene rings is 1. The fourth-order valence-electron chi connectivity index (χ4n) is 4.40. The van der Waals surface area contributed by atoms with Crippen LogP contribution in [0, 0.1) is 11.8 Å². The minimum atomic E-state index is -0.799. The number of phenolic OH excluding ortho intramolecular Hbond substituents is 1. The molecule has 0 bridgehead atoms. The SMILES string of the molecule is CC(=O)OCCC[C@H](C)C1=C(C)C[C@H]2OC(=O)/C(=C/c3ccc(O)cc3)[C@H]2[C@@H]1O. The number of aromatic hydroxyl groups is 1. The molecule has 4 atom stereocenters. The first-order valence-electron chi connectivity index (χ1n) is 10.0. The average molecular weight is 400 g/mol. The summed E-state index contributed by atoms with van der Waals surface area (Å²) in [6, 6.07) is 6.56. The number of aliphatic hydroxyl groups is 1. The number of phenols is 1. The maximum atomic E-state index is 12.5. The number of fused-ring (bicyclic) bond motifs is 1. The van der Waals surface area contributed by atoms with Gasteiger partial charge in [0, 0.05) is 18.9 Å². The summed E-state index contributed by atoms with van der Waals surface area (Å²) in [5.41, 5.74) is 3.23. The smallest absolute Gasteiger partial charge is 0.334 e. The highest BCUT2D eigenvalue weighted by Gasteiger charge is 2.48. The second kappa shape index (κ2) is 8.82. The molecule has 1 aromatic rings. The molecule has 0 radical (unpaired) electrons. The molecule has 1 aromatic carbocycles. The molecule has 0 aromatic heterocycles. The molecule has 0 unspecified atom stereocenters. The molecule has 6 heteroatoms. The van der Waals surface area contributed by atoms with Crippen molar-refractivity contribution in [3.05, 3.63) is 46.5 Å². The van der Waals surface area contributed by atoms with E-state index in [9.17, 15) is 19.8 Å². The predicted octanol–water partition coefficient (Wildman–Crippen LogP) is 3.38. The van der Waals surface area contributed by atoms with Gasteiger partial charge < -0.3 is 19.7 Å². The van der Waals surface area contributed by atoms with Gasteiger partial charge in [-0.1, -0.05) is 24.6 Å². The van der Waals surface area contributed by atoms with Crippen LogP contribution in [0.3, 0.4) is 0 Å². The maximum Gasteiger partial charge on any atom is 0.334 e. The largest absolute Gasteiger partial charge is 0.508 e. The van der Waals surface area contributed by atoms with Gasteiger partial charge in [-0.05, 0) is 55.0 Å². The number of hydrogen-bond acceptors (Lipinski definition) is 6. The van der Waals surface area contributed by atoms with Crippen LogP contribution >= 0.6 is 0 Å². The van der Waals surface area contributed by atoms with E-state index < -0.39 is 18.0 Å². The van der Waals surface area contributed by atoms with Crippen molar-refractivity contribution in [2.24, 2.45) is 11.8 Å². The van der Waals surface area contributed by atoms with Gasteiger partial charge in [0.25, 0.3) is 0 Å². The molecule has 1 heterocycles. The van der Waals surface area contributed by atoms with Gasteiger partial charge in [-0.15, -0.1) is 0 Å². The zero-order chi connectivity index (χ0) is 21.1. The Morgan fingerprint density at radius 2 is 2.03 bits per heavy atom. The lowest BCUT2D eigenvalue weighted by Gasteiger charge is -2.35. The van der Waals surface area contributed by atoms with Crippen molar-refractivity contribution in [1.29, 1.82) is 0 Å². The first-order valence-corrected chi connectivity index (χ1v) is 10.0. The van der Waals surface area contributed by atoms with Crippen molar-refractivity contribution in [2.45, 2.75) is 52.2 Å². The Morgan fingerprint density at radius 1 is 1.34 bits per heavy atom. The molecule has 1 saturated heterocycles. The van der Waals surface area contributed by atoms with E-state index >= 15 is 0 Å². The first kappa shape index (κ1) is 21.1. The van der Waals surface area contributed by atoms with E-state index in [1.807, 2.05) is 6.92 Å². The van der Waals surface area contributed by atoms with E-state index in [1.54, 1.807) is 30.3 Å². The minimum Gasteiger partial charge on any atom is -0.508 e. The summed E-state index contributed by atoms with van der Waals surface area (Å²) in [5.74, 6) is -0.846. The van der Waals surface area contributed by atoms with Crippen LogP contribution in [0.4, 0.5) is 0 Å². The number of rotatable bonds is 6. The van der Waals surface area contributed by atoms with Gasteiger partial charge in [-0.2, -0.15) is 0 Å². The van der Waals surface area contributed by atoms with Crippen LogP contribution in [-0.2, 0) is 19.1 Å². The second-order valence-electron chi connectivity index (χ2n) is 7.93. The highest BCUT2D eigenvalue weighted by molar-refractivity contribution is 5.97. The van der Waals surface area contributed by atoms with Crippen LogP contribution in [-0.4, -0.2) is 41.0 Å². The normalized spacial score (nSPS) is 26.3. The highest BCUT2D eigenvalue weighted by Crippen LogP contribution is 2.44. The standard InChI is InChI=1S/C23H28O6/c1-13(5-4-10-28-15(3)24)20-14(2)11-19-21(22(20)26)18(23(27)29-19)12-16-6-8-17(25)9-7-16/h6-9,12-13,19,21-22,25-26H,4-5,10-11H2,1-3H3/b18-12+/t13-,19+,21+,22+/m0/s1. The fraction of sp³-hybridized carbons (Fsp3) is 0.478. The topological polar surface area (TPSA) is 93.1 Å². The summed E-state index contributed by atoms with van der Waals surface area (Å²) in [6.45, 7) is 5.78. The summed E-state index contributed by atoms with van der Waals surface area (Å²) < 4.78 is 10.6. The average Bonchev–Trinajstić information content (AvgIpc) is 2.95. The second-order valence-corrected chi connectivity index (χ2v) is 7.93. The first-order chi connectivity index (χ1) is 13.8. The van der Waals surface area contributed by atoms with Gasteiger partial charge >= 0.3 is 11.9 Å². The molecular formula is C23H28O6. The van der Waals surface area contributed by atoms with Crippen molar-refractivity contribution < 1.29 is 29.3 Å². The van der Waals surface area contributed by atoms with Crippen LogP contribution in [0.2, 0.25) is 0 Å². The summed E-state index contributed by atoms with van der Waals surface area (Å²) in [6.07, 6.45) is 2.66. The van der Waals surface area contributed by atoms with Gasteiger partial charge in [0.15, 0.2) is 0 Å². The van der Waals surface area contributed by atoms with Crippen molar-refractivity contribution in [3.63, 3.8) is 0 Å². The predicted molar refractivity (Wildman–Crippen MR) is 108 cm³/mol. The molecule has 1 aliphatic carbocycles. The van der Waals surface area contributed by atoms with Gasteiger partial charge in [0.05, 0.1) is 18.6 Å². The van der Waals surface area contributed by atoms with Crippen molar-refractivity contribution in [1.82, 2.24) is 0 Å². The number of aliphatic hydroxyl groups excluding tert-OH is 1. The lowest BCUT2D eigenvalue weighted by Crippen LogP contribution is -2.37. The monoisotopic (exact) mass is 400 g/mol. The minimum absolute atomic E-state index is 0.104. The van der Waals surface area contributed by atoms with Gasteiger partial charge in [0.2, 0.25) is 0 Å². The van der Waals surface area contributed by atoms with E-state index in [4.69, 9.17) is 9.47 Å². The van der Waals surface area contributed by atoms with Crippen LogP contribution in [0.1, 0.15) is 45.6 Å². The van der Waals surface area contributed by atoms with Crippen LogP contribution < -0.4 is 0 Å². The molecular weight excluding hydrogens is 372 g/mol. The Morgan fingerprint density at radius 3 is 2.69 bits per heavy atom. The van der Waals surface area contributed by atoms with E-state index in [0.717, 1.165) is 23.1 Å². The number of esters is 2. The molecule has 6 nitrogen and oxygen atoms in total. The third kappa shape index (κ3) is 4.70. The molecule has 2 N–H and O–H groups in total. The van der Waals surface area contributed by atoms with E-state index in [-0.39, 0.29) is 23.7 Å². The molecule has 1 aliphatic heterocycles. The molecule has 0 amide bonds. The van der Waals surface area contributed by atoms with Crippen LogP contribution in [0.25, 0.3) is 6.08 Å². The Kier molecular flexibility index (Phi) is 6.42. The van der Waals surface area contributed by atoms with Crippen molar-refractivity contribution >= 4 is 18.0 Å². The Bertz CT molecular complexity index is 835. The van der Waals surface area contributed by atoms with Gasteiger partial charge in [-0.25, -0.2) is 4.79 Å². The molecule has 156 valence electrons. The van der Waals surface area contributed by atoms with Gasteiger partial charge in [-0.3, -0.25) is 4.79 Å². The molecule has 0 spiro atoms. The van der Waals surface area contributed by atoms with E-state index in [1.165, 1.54) is 6.92 Å². The van der Waals surface area contributed by atoms with Crippen LogP contribution in [0.5, 0.6) is 5.75 Å². The summed E-state index contributed by atoms with van der Waals surface area (Å²) in [7, 11) is 0. The molecule has 0 saturated carbocycles. The number of carbonyl (C=O) groups is 2. The number of carbonyl (C=O) groups excluding carboxylic acids is 2. The van der Waals surface area contributed by atoms with Gasteiger partial charge in [0.1, 0.15) is 11.9 Å². The van der Waals surface area contributed by atoms with Crippen molar-refractivity contribution in [2.75, 3.05) is 6.61 Å². The third-order valence-corrected chi connectivity index (χ3v) is 5.75. The Labute approximate surface area is 170 Å². The zero-order valence-electron chi connectivity index (χ0n) is 17.1. The molecule has 1 fully saturated rings. The molecule has 29 heavy (non-hydrogen) atoms. The summed E-state index contributed by atoms with van der Waals surface area (Å²) >= 11 is 0. The molecule has 2 aliphatic rings. The summed E-state index contributed by atoms with van der Waals surface area (Å²) in [5, 5.41) is 20.6. The number of hydrogen-bond donors (Lipinski definition) is 2. The zero-order valence-corrected chi connectivity index (χ0v) is 17.1. The Balaban J connectivity index is 1.79. The third-order valence-electron chi connectivity index (χ3n) is 5.75. The quantitative estimate of drug-likeness (QED) is 0.329. The van der Waals surface area contributed by atoms with E-state index in [0.29, 0.717) is 25.0 Å². The lowest BCUT2D eigenvalue weighted by molar-refractivity contribution is -0.141. The Hall–Kier alpha value is -2.60. The van der Waals surface area contributed by atoms with E-state index in [2.05, 4.69) is 6.92 Å². The number of ether oxygens (including phenoxy) is 2. The van der Waals surface area contributed by atoms with Crippen LogP contribution in [0.15, 0.2) is 41.0 Å². The fourth-order valence-corrected chi connectivity index (χ4v) is 4.40. The lowest BCUT2D eigenvalue weighted by atomic mass is 9.73. The maximum absolute atomic E-state index is 12.5. The van der Waals surface area contributed by atoms with Crippen molar-refractivity contribution in [3.8, 4) is 5.75 Å². The highest BCUT2D eigenvalue weighted by atomic mass is 16.6. The summed E-state index contributed by atoms with van der Waals surface area (Å²) in [4.78, 5) is 23.4. The molecule has 3 rings (SSSR count).